The summed E-state index contributed by atoms with van der Waals surface area (Å²) in [6.07, 6.45) is 3.55. The lowest BCUT2D eigenvalue weighted by Gasteiger charge is -2.34. The largest absolute Gasteiger partial charge is 0.345 e. The van der Waals surface area contributed by atoms with Gasteiger partial charge in [0.2, 0.25) is 0 Å². The molecule has 4 nitrogen and oxygen atoms in total. The van der Waals surface area contributed by atoms with E-state index in [-0.39, 0.29) is 36.3 Å². The highest BCUT2D eigenvalue weighted by Crippen LogP contribution is 2.18. The van der Waals surface area contributed by atoms with Gasteiger partial charge in [-0.1, -0.05) is 0 Å². The molecular weight excluding hydrogens is 353 g/mol. The molecule has 1 aliphatic rings. The van der Waals surface area contributed by atoms with Crippen LogP contribution in [0.25, 0.3) is 0 Å². The van der Waals surface area contributed by atoms with Crippen molar-refractivity contribution in [3.05, 3.63) is 28.5 Å². The Hall–Kier alpha value is -0.360. The van der Waals surface area contributed by atoms with Crippen molar-refractivity contribution < 1.29 is 4.79 Å². The number of carbonyl (C=O) groups is 1. The summed E-state index contributed by atoms with van der Waals surface area (Å²) in [4.78, 5) is 16.1. The number of hydrogen-bond donors (Lipinski definition) is 2. The molecule has 7 heteroatoms. The van der Waals surface area contributed by atoms with Crippen molar-refractivity contribution in [2.75, 3.05) is 13.1 Å². The van der Waals surface area contributed by atoms with Crippen LogP contribution in [-0.2, 0) is 0 Å². The number of piperidine rings is 1. The van der Waals surface area contributed by atoms with Crippen LogP contribution in [0.4, 0.5) is 0 Å². The maximum atomic E-state index is 12.0. The molecule has 2 rings (SSSR count). The molecule has 0 spiro atoms. The van der Waals surface area contributed by atoms with E-state index in [0.717, 1.165) is 30.4 Å². The summed E-state index contributed by atoms with van der Waals surface area (Å²) in [5, 5.41) is 6.36. The van der Waals surface area contributed by atoms with Crippen LogP contribution in [0.5, 0.6) is 0 Å². The lowest BCUT2D eigenvalue weighted by Crippen LogP contribution is -2.52. The zero-order chi connectivity index (χ0) is 12.3. The summed E-state index contributed by atoms with van der Waals surface area (Å²) in [5.74, 6) is -0.0955. The molecule has 0 unspecified atom stereocenters. The van der Waals surface area contributed by atoms with Crippen molar-refractivity contribution in [1.29, 1.82) is 0 Å². The Kier molecular flexibility index (Phi) is 7.89. The fraction of sp³-hybridized carbons (Fsp3) is 0.500. The number of hydrogen-bond acceptors (Lipinski definition) is 3. The van der Waals surface area contributed by atoms with E-state index < -0.39 is 0 Å². The molecule has 0 bridgehead atoms. The number of aromatic nitrogens is 1. The molecule has 1 saturated heterocycles. The van der Waals surface area contributed by atoms with E-state index in [2.05, 4.69) is 38.5 Å². The summed E-state index contributed by atoms with van der Waals surface area (Å²) in [7, 11) is 0. The number of amides is 1. The lowest BCUT2D eigenvalue weighted by atomic mass is 9.90. The quantitative estimate of drug-likeness (QED) is 0.841. The number of rotatable bonds is 2. The first-order valence-corrected chi connectivity index (χ1v) is 6.53. The average molecular weight is 371 g/mol. The van der Waals surface area contributed by atoms with Crippen LogP contribution in [0.2, 0.25) is 0 Å². The van der Waals surface area contributed by atoms with Gasteiger partial charge in [-0.2, -0.15) is 0 Å². The molecule has 1 aliphatic heterocycles. The highest BCUT2D eigenvalue weighted by molar-refractivity contribution is 9.10. The highest BCUT2D eigenvalue weighted by atomic mass is 79.9. The maximum Gasteiger partial charge on any atom is 0.270 e. The third kappa shape index (κ3) is 5.26. The van der Waals surface area contributed by atoms with Crippen LogP contribution >= 0.6 is 40.7 Å². The summed E-state index contributed by atoms with van der Waals surface area (Å²) in [6, 6.07) is 3.55. The van der Waals surface area contributed by atoms with Gasteiger partial charge in [-0.05, 0) is 60.9 Å². The first-order chi connectivity index (χ1) is 8.09. The van der Waals surface area contributed by atoms with Gasteiger partial charge in [-0.25, -0.2) is 4.98 Å². The third-order valence-electron chi connectivity index (χ3n) is 3.08. The molecule has 1 aromatic rings. The molecule has 0 saturated carbocycles. The van der Waals surface area contributed by atoms with Crippen LogP contribution in [0, 0.1) is 0 Å². The Morgan fingerprint density at radius 2 is 2.00 bits per heavy atom. The molecule has 0 radical (unpaired) electrons. The summed E-state index contributed by atoms with van der Waals surface area (Å²) in [5.41, 5.74) is 0.352. The van der Waals surface area contributed by atoms with Crippen molar-refractivity contribution in [2.45, 2.75) is 25.3 Å². The van der Waals surface area contributed by atoms with E-state index in [9.17, 15) is 4.79 Å². The van der Waals surface area contributed by atoms with Gasteiger partial charge in [0.1, 0.15) is 5.69 Å². The van der Waals surface area contributed by atoms with Crippen LogP contribution in [-0.4, -0.2) is 29.5 Å². The highest BCUT2D eigenvalue weighted by Gasteiger charge is 2.28. The number of carbonyl (C=O) groups excluding carboxylic acids is 1. The Bertz CT molecular complexity index is 408. The second-order valence-corrected chi connectivity index (χ2v) is 5.54. The third-order valence-corrected chi connectivity index (χ3v) is 3.55. The Labute approximate surface area is 134 Å². The lowest BCUT2D eigenvalue weighted by molar-refractivity contribution is 0.0882. The first kappa shape index (κ1) is 18.6. The van der Waals surface area contributed by atoms with E-state index in [0.29, 0.717) is 5.69 Å². The van der Waals surface area contributed by atoms with Gasteiger partial charge >= 0.3 is 0 Å². The zero-order valence-corrected chi connectivity index (χ0v) is 13.8. The number of halogens is 3. The van der Waals surface area contributed by atoms with E-state index in [1.807, 2.05) is 6.07 Å². The van der Waals surface area contributed by atoms with Gasteiger partial charge in [-0.15, -0.1) is 24.8 Å². The van der Waals surface area contributed by atoms with Gasteiger partial charge in [0.05, 0.1) is 0 Å². The molecule has 0 aliphatic carbocycles. The van der Waals surface area contributed by atoms with E-state index >= 15 is 0 Å². The van der Waals surface area contributed by atoms with E-state index in [1.54, 1.807) is 12.3 Å². The van der Waals surface area contributed by atoms with Crippen molar-refractivity contribution in [3.8, 4) is 0 Å². The van der Waals surface area contributed by atoms with Crippen molar-refractivity contribution in [2.24, 2.45) is 0 Å². The summed E-state index contributed by atoms with van der Waals surface area (Å²) < 4.78 is 0.877. The molecule has 0 atom stereocenters. The van der Waals surface area contributed by atoms with Crippen LogP contribution < -0.4 is 10.6 Å². The normalized spacial score (nSPS) is 16.7. The first-order valence-electron chi connectivity index (χ1n) is 5.74. The Balaban J connectivity index is 0.00000162. The minimum absolute atomic E-state index is 0. The maximum absolute atomic E-state index is 12.0. The molecule has 1 fully saturated rings. The number of nitrogens with zero attached hydrogens (tertiary/aromatic N) is 1. The van der Waals surface area contributed by atoms with E-state index in [1.165, 1.54) is 0 Å². The topological polar surface area (TPSA) is 54.0 Å². The molecule has 19 heavy (non-hydrogen) atoms. The smallest absolute Gasteiger partial charge is 0.270 e. The zero-order valence-electron chi connectivity index (χ0n) is 10.6. The van der Waals surface area contributed by atoms with Crippen LogP contribution in [0.3, 0.4) is 0 Å². The van der Waals surface area contributed by atoms with Gasteiger partial charge in [-0.3, -0.25) is 4.79 Å². The standard InChI is InChI=1S/C12H16BrN3O.2ClH/c1-12(4-6-14-7-5-12)16-11(17)10-3-2-9(13)8-15-10;;/h2-3,8,14H,4-7H2,1H3,(H,16,17);2*1H. The molecule has 2 N–H and O–H groups in total. The van der Waals surface area contributed by atoms with E-state index in [4.69, 9.17) is 0 Å². The summed E-state index contributed by atoms with van der Waals surface area (Å²) in [6.45, 7) is 3.99. The van der Waals surface area contributed by atoms with Crippen molar-refractivity contribution in [3.63, 3.8) is 0 Å². The minimum atomic E-state index is -0.114. The fourth-order valence-corrected chi connectivity index (χ4v) is 2.19. The molecular formula is C12H18BrCl2N3O. The number of pyridine rings is 1. The van der Waals surface area contributed by atoms with Gasteiger partial charge in [0, 0.05) is 16.2 Å². The Morgan fingerprint density at radius 3 is 2.53 bits per heavy atom. The molecule has 108 valence electrons. The predicted octanol–water partition coefficient (Wildman–Crippen LogP) is 2.56. The summed E-state index contributed by atoms with van der Waals surface area (Å²) >= 11 is 3.30. The SMILES string of the molecule is CC1(NC(=O)c2ccc(Br)cn2)CCNCC1.Cl.Cl. The molecule has 2 heterocycles. The molecule has 1 amide bonds. The average Bonchev–Trinajstić information content (AvgIpc) is 2.30. The second-order valence-electron chi connectivity index (χ2n) is 4.63. The monoisotopic (exact) mass is 369 g/mol. The van der Waals surface area contributed by atoms with Gasteiger partial charge < -0.3 is 10.6 Å². The fourth-order valence-electron chi connectivity index (χ4n) is 1.95. The second kappa shape index (κ2) is 8.04. The van der Waals surface area contributed by atoms with Crippen LogP contribution in [0.1, 0.15) is 30.3 Å². The van der Waals surface area contributed by atoms with Crippen molar-refractivity contribution in [1.82, 2.24) is 15.6 Å². The molecule has 1 aromatic heterocycles. The number of nitrogens with one attached hydrogen (secondary N) is 2. The Morgan fingerprint density at radius 1 is 1.37 bits per heavy atom. The van der Waals surface area contributed by atoms with Gasteiger partial charge in [0.15, 0.2) is 0 Å². The van der Waals surface area contributed by atoms with Crippen molar-refractivity contribution >= 4 is 46.7 Å². The van der Waals surface area contributed by atoms with Crippen LogP contribution in [0.15, 0.2) is 22.8 Å². The van der Waals surface area contributed by atoms with Gasteiger partial charge in [0.25, 0.3) is 5.91 Å². The predicted molar refractivity (Wildman–Crippen MR) is 84.4 cm³/mol. The molecule has 0 aromatic carbocycles. The minimum Gasteiger partial charge on any atom is -0.345 e.